The highest BCUT2D eigenvalue weighted by Crippen LogP contribution is 2.24. The number of amides is 1. The summed E-state index contributed by atoms with van der Waals surface area (Å²) in [4.78, 5) is 28.5. The number of carbonyl (C=O) groups is 2. The van der Waals surface area contributed by atoms with Crippen LogP contribution in [0.1, 0.15) is 30.0 Å². The fourth-order valence-corrected chi connectivity index (χ4v) is 3.17. The van der Waals surface area contributed by atoms with E-state index in [1.807, 2.05) is 0 Å². The Bertz CT molecular complexity index is 559. The van der Waals surface area contributed by atoms with Crippen molar-refractivity contribution in [2.24, 2.45) is 0 Å². The topological polar surface area (TPSA) is 70.5 Å². The molecule has 0 bridgehead atoms. The number of halogens is 3. The number of likely N-dealkylation sites (tertiary alicyclic amines) is 1. The van der Waals surface area contributed by atoms with Crippen molar-refractivity contribution in [1.82, 2.24) is 9.88 Å². The molecule has 1 amide bonds. The molecule has 0 spiro atoms. The van der Waals surface area contributed by atoms with Gasteiger partial charge in [-0.15, -0.1) is 11.3 Å². The molecule has 9 heteroatoms. The summed E-state index contributed by atoms with van der Waals surface area (Å²) < 4.78 is 36.4. The Balaban J connectivity index is 1.92. The second-order valence-corrected chi connectivity index (χ2v) is 6.05. The van der Waals surface area contributed by atoms with E-state index in [0.29, 0.717) is 30.1 Å². The lowest BCUT2D eigenvalue weighted by atomic mass is 10.2. The van der Waals surface area contributed by atoms with E-state index in [2.05, 4.69) is 4.98 Å². The number of carboxylic acid groups (broad SMARTS) is 1. The molecule has 1 aromatic heterocycles. The first-order chi connectivity index (χ1) is 10.3. The van der Waals surface area contributed by atoms with Gasteiger partial charge in [-0.25, -0.2) is 9.78 Å². The van der Waals surface area contributed by atoms with E-state index in [1.165, 1.54) is 4.90 Å². The van der Waals surface area contributed by atoms with Gasteiger partial charge in [0.05, 0.1) is 17.1 Å². The first kappa shape index (κ1) is 16.7. The molecule has 1 atom stereocenters. The molecule has 22 heavy (non-hydrogen) atoms. The molecule has 1 fully saturated rings. The van der Waals surface area contributed by atoms with Crippen molar-refractivity contribution < 1.29 is 27.9 Å². The lowest BCUT2D eigenvalue weighted by Crippen LogP contribution is -2.41. The number of carboxylic acids is 1. The Labute approximate surface area is 128 Å². The molecule has 0 aromatic carbocycles. The van der Waals surface area contributed by atoms with E-state index < -0.39 is 24.6 Å². The number of hydrogen-bond donors (Lipinski definition) is 1. The Kier molecular flexibility index (Phi) is 5.05. The second-order valence-electron chi connectivity index (χ2n) is 5.11. The quantitative estimate of drug-likeness (QED) is 0.895. The highest BCUT2D eigenvalue weighted by molar-refractivity contribution is 7.09. The van der Waals surface area contributed by atoms with Gasteiger partial charge in [-0.3, -0.25) is 4.79 Å². The molecule has 2 rings (SSSR count). The number of aryl methyl sites for hydroxylation is 1. The van der Waals surface area contributed by atoms with Crippen LogP contribution in [0.15, 0.2) is 5.38 Å². The van der Waals surface area contributed by atoms with Gasteiger partial charge < -0.3 is 10.0 Å². The molecule has 1 saturated heterocycles. The normalized spacial score (nSPS) is 18.7. The Morgan fingerprint density at radius 3 is 2.82 bits per heavy atom. The molecule has 0 saturated carbocycles. The molecule has 5 nitrogen and oxygen atoms in total. The van der Waals surface area contributed by atoms with Crippen molar-refractivity contribution in [3.05, 3.63) is 16.1 Å². The number of rotatable bonds is 5. The maximum Gasteiger partial charge on any atom is 0.389 e. The Hall–Kier alpha value is -1.64. The molecular weight excluding hydrogens is 321 g/mol. The van der Waals surface area contributed by atoms with Crippen LogP contribution in [0.5, 0.6) is 0 Å². The number of nitrogens with zero attached hydrogens (tertiary/aromatic N) is 2. The maximum absolute atomic E-state index is 12.1. The summed E-state index contributed by atoms with van der Waals surface area (Å²) in [5.41, 5.74) is 0.392. The van der Waals surface area contributed by atoms with Gasteiger partial charge in [0, 0.05) is 24.8 Å². The minimum absolute atomic E-state index is 0.0771. The zero-order valence-corrected chi connectivity index (χ0v) is 12.4. The van der Waals surface area contributed by atoms with Crippen molar-refractivity contribution in [2.75, 3.05) is 6.54 Å². The van der Waals surface area contributed by atoms with Crippen molar-refractivity contribution >= 4 is 23.2 Å². The Morgan fingerprint density at radius 2 is 2.18 bits per heavy atom. The van der Waals surface area contributed by atoms with Crippen LogP contribution in [0.2, 0.25) is 0 Å². The summed E-state index contributed by atoms with van der Waals surface area (Å²) in [6.45, 7) is 0.390. The van der Waals surface area contributed by atoms with E-state index in [-0.39, 0.29) is 18.7 Å². The van der Waals surface area contributed by atoms with E-state index in [0.717, 1.165) is 11.3 Å². The average Bonchev–Trinajstić information content (AvgIpc) is 3.04. The number of aromatic nitrogens is 1. The van der Waals surface area contributed by atoms with Gasteiger partial charge in [-0.1, -0.05) is 0 Å². The van der Waals surface area contributed by atoms with Gasteiger partial charge in [-0.2, -0.15) is 13.2 Å². The first-order valence-corrected chi connectivity index (χ1v) is 7.66. The molecular formula is C13H15F3N2O3S. The van der Waals surface area contributed by atoms with Crippen LogP contribution in [0.3, 0.4) is 0 Å². The number of carbonyl (C=O) groups excluding carboxylic acids is 1. The van der Waals surface area contributed by atoms with Gasteiger partial charge >= 0.3 is 12.1 Å². The van der Waals surface area contributed by atoms with Crippen LogP contribution >= 0.6 is 11.3 Å². The van der Waals surface area contributed by atoms with E-state index >= 15 is 0 Å². The minimum Gasteiger partial charge on any atom is -0.480 e. The van der Waals surface area contributed by atoms with Crippen LogP contribution in [0.25, 0.3) is 0 Å². The SMILES string of the molecule is O=C(O)C1CCCN1C(=O)Cc1csc(CCC(F)(F)F)n1. The van der Waals surface area contributed by atoms with Crippen molar-refractivity contribution in [3.8, 4) is 0 Å². The first-order valence-electron chi connectivity index (χ1n) is 6.78. The molecule has 122 valence electrons. The maximum atomic E-state index is 12.1. The summed E-state index contributed by atoms with van der Waals surface area (Å²) in [7, 11) is 0. The fraction of sp³-hybridized carbons (Fsp3) is 0.615. The van der Waals surface area contributed by atoms with Gasteiger partial charge in [-0.05, 0) is 12.8 Å². The number of aliphatic carboxylic acids is 1. The van der Waals surface area contributed by atoms with E-state index in [4.69, 9.17) is 5.11 Å². The third-order valence-corrected chi connectivity index (χ3v) is 4.37. The van der Waals surface area contributed by atoms with Crippen LogP contribution in [-0.4, -0.2) is 45.6 Å². The predicted octanol–water partition coefficient (Wildman–Crippen LogP) is 2.26. The average molecular weight is 336 g/mol. The Morgan fingerprint density at radius 1 is 1.45 bits per heavy atom. The summed E-state index contributed by atoms with van der Waals surface area (Å²) in [5.74, 6) is -1.38. The third kappa shape index (κ3) is 4.43. The zero-order valence-electron chi connectivity index (χ0n) is 11.6. The van der Waals surface area contributed by atoms with Crippen molar-refractivity contribution in [1.29, 1.82) is 0 Å². The standard InChI is InChI=1S/C13H15F3N2O3S/c14-13(15,16)4-3-10-17-8(7-22-10)6-11(19)18-5-1-2-9(18)12(20)21/h7,9H,1-6H2,(H,20,21). The lowest BCUT2D eigenvalue weighted by Gasteiger charge is -2.20. The summed E-state index contributed by atoms with van der Waals surface area (Å²) >= 11 is 1.08. The monoisotopic (exact) mass is 336 g/mol. The zero-order chi connectivity index (χ0) is 16.3. The van der Waals surface area contributed by atoms with Gasteiger partial charge in [0.25, 0.3) is 0 Å². The number of thiazole rings is 1. The molecule has 1 N–H and O–H groups in total. The fourth-order valence-electron chi connectivity index (χ4n) is 2.37. The number of hydrogen-bond acceptors (Lipinski definition) is 4. The van der Waals surface area contributed by atoms with Gasteiger partial charge in [0.2, 0.25) is 5.91 Å². The smallest absolute Gasteiger partial charge is 0.389 e. The van der Waals surface area contributed by atoms with Crippen LogP contribution < -0.4 is 0 Å². The van der Waals surface area contributed by atoms with Crippen LogP contribution in [-0.2, 0) is 22.4 Å². The molecule has 1 aliphatic heterocycles. The van der Waals surface area contributed by atoms with Crippen LogP contribution in [0.4, 0.5) is 13.2 Å². The molecule has 1 aromatic rings. The summed E-state index contributed by atoms with van der Waals surface area (Å²) in [6.07, 6.45) is -4.39. The summed E-state index contributed by atoms with van der Waals surface area (Å²) in [5, 5.41) is 10.9. The molecule has 1 aliphatic rings. The highest BCUT2D eigenvalue weighted by Gasteiger charge is 2.34. The lowest BCUT2D eigenvalue weighted by molar-refractivity contribution is -0.148. The third-order valence-electron chi connectivity index (χ3n) is 3.41. The number of alkyl halides is 3. The van der Waals surface area contributed by atoms with Crippen molar-refractivity contribution in [3.63, 3.8) is 0 Å². The van der Waals surface area contributed by atoms with Gasteiger partial charge in [0.15, 0.2) is 0 Å². The second kappa shape index (κ2) is 6.64. The van der Waals surface area contributed by atoms with Gasteiger partial charge in [0.1, 0.15) is 6.04 Å². The highest BCUT2D eigenvalue weighted by atomic mass is 32.1. The summed E-state index contributed by atoms with van der Waals surface area (Å²) in [6, 6.07) is -0.809. The van der Waals surface area contributed by atoms with Crippen LogP contribution in [0, 0.1) is 0 Å². The molecule has 0 aliphatic carbocycles. The van der Waals surface area contributed by atoms with E-state index in [9.17, 15) is 22.8 Å². The molecule has 0 radical (unpaired) electrons. The molecule has 1 unspecified atom stereocenters. The molecule has 2 heterocycles. The minimum atomic E-state index is -4.23. The van der Waals surface area contributed by atoms with E-state index in [1.54, 1.807) is 5.38 Å². The largest absolute Gasteiger partial charge is 0.480 e. The predicted molar refractivity (Wildman–Crippen MR) is 72.6 cm³/mol. The van der Waals surface area contributed by atoms with Crippen molar-refractivity contribution in [2.45, 2.75) is 44.3 Å².